The zero-order chi connectivity index (χ0) is 21.1. The Morgan fingerprint density at radius 2 is 1.90 bits per heavy atom. The van der Waals surface area contributed by atoms with E-state index in [1.54, 1.807) is 0 Å². The van der Waals surface area contributed by atoms with E-state index in [4.69, 9.17) is 10.7 Å². The van der Waals surface area contributed by atoms with Crippen molar-refractivity contribution in [2.24, 2.45) is 5.73 Å². The molecule has 0 saturated heterocycles. The number of aryl methyl sites for hydroxylation is 1. The maximum Gasteiger partial charge on any atom is 0.325 e. The Balaban J connectivity index is 1.75. The molecule has 1 aromatic heterocycles. The van der Waals surface area contributed by atoms with Crippen molar-refractivity contribution in [1.29, 1.82) is 0 Å². The fraction of sp³-hybridized carbons (Fsp3) is 0.417. The number of aromatic nitrogens is 2. The first-order valence-electron chi connectivity index (χ1n) is 11.0. The molecule has 0 fully saturated rings. The van der Waals surface area contributed by atoms with Gasteiger partial charge in [0.05, 0.1) is 23.3 Å². The smallest absolute Gasteiger partial charge is 0.325 e. The molecule has 2 heterocycles. The minimum atomic E-state index is 0.0623. The van der Waals surface area contributed by atoms with E-state index in [1.807, 2.05) is 28.0 Å². The summed E-state index contributed by atoms with van der Waals surface area (Å²) >= 11 is 0. The van der Waals surface area contributed by atoms with E-state index in [-0.39, 0.29) is 6.03 Å². The van der Waals surface area contributed by atoms with Crippen molar-refractivity contribution in [2.45, 2.75) is 59.3 Å². The van der Waals surface area contributed by atoms with Crippen molar-refractivity contribution in [3.63, 3.8) is 0 Å². The number of imidazole rings is 1. The van der Waals surface area contributed by atoms with E-state index >= 15 is 0 Å². The van der Waals surface area contributed by atoms with E-state index in [9.17, 15) is 4.79 Å². The van der Waals surface area contributed by atoms with Crippen molar-refractivity contribution in [1.82, 2.24) is 14.5 Å². The number of amides is 2. The summed E-state index contributed by atoms with van der Waals surface area (Å²) in [6.07, 6.45) is 3.12. The number of nitrogens with two attached hydrogens (primary N) is 1. The van der Waals surface area contributed by atoms with Gasteiger partial charge in [0.2, 0.25) is 0 Å². The molecule has 30 heavy (non-hydrogen) atoms. The third kappa shape index (κ3) is 3.79. The Labute approximate surface area is 178 Å². The molecule has 1 aliphatic rings. The van der Waals surface area contributed by atoms with Crippen LogP contribution >= 0.6 is 0 Å². The highest BCUT2D eigenvalue weighted by Gasteiger charge is 2.30. The van der Waals surface area contributed by atoms with Gasteiger partial charge in [0.25, 0.3) is 0 Å². The summed E-state index contributed by atoms with van der Waals surface area (Å²) in [4.78, 5) is 22.1. The summed E-state index contributed by atoms with van der Waals surface area (Å²) in [7, 11) is 0. The summed E-state index contributed by atoms with van der Waals surface area (Å²) in [5.74, 6) is 0.925. The van der Waals surface area contributed by atoms with Crippen LogP contribution < -0.4 is 10.6 Å². The van der Waals surface area contributed by atoms with Gasteiger partial charge in [-0.15, -0.1) is 0 Å². The zero-order valence-electron chi connectivity index (χ0n) is 18.0. The van der Waals surface area contributed by atoms with Gasteiger partial charge in [-0.3, -0.25) is 4.90 Å². The Hall–Kier alpha value is -2.86. The van der Waals surface area contributed by atoms with Crippen LogP contribution in [-0.2, 0) is 26.2 Å². The number of para-hydroxylation sites is 1. The summed E-state index contributed by atoms with van der Waals surface area (Å²) in [5.41, 5.74) is 11.1. The Morgan fingerprint density at radius 3 is 2.67 bits per heavy atom. The first-order chi connectivity index (χ1) is 14.7. The molecule has 0 spiro atoms. The number of urea groups is 1. The van der Waals surface area contributed by atoms with Gasteiger partial charge in [0.1, 0.15) is 5.82 Å². The molecule has 2 aromatic carbocycles. The first kappa shape index (κ1) is 20.4. The highest BCUT2D eigenvalue weighted by Crippen LogP contribution is 2.31. The van der Waals surface area contributed by atoms with Crippen molar-refractivity contribution < 1.29 is 4.79 Å². The molecule has 2 N–H and O–H groups in total. The second-order valence-electron chi connectivity index (χ2n) is 7.98. The molecule has 158 valence electrons. The lowest BCUT2D eigenvalue weighted by molar-refractivity contribution is 0.197. The van der Waals surface area contributed by atoms with E-state index in [0.717, 1.165) is 60.5 Å². The molecular formula is C24H31N5O. The van der Waals surface area contributed by atoms with E-state index in [0.29, 0.717) is 19.6 Å². The summed E-state index contributed by atoms with van der Waals surface area (Å²) in [6.45, 7) is 7.59. The van der Waals surface area contributed by atoms with E-state index in [2.05, 4.69) is 42.7 Å². The second-order valence-corrected chi connectivity index (χ2v) is 7.98. The summed E-state index contributed by atoms with van der Waals surface area (Å²) < 4.78 is 2.27. The summed E-state index contributed by atoms with van der Waals surface area (Å²) in [5, 5.41) is 0. The van der Waals surface area contributed by atoms with Gasteiger partial charge in [-0.25, -0.2) is 9.78 Å². The van der Waals surface area contributed by atoms with Crippen LogP contribution in [0.3, 0.4) is 0 Å². The number of carbonyl (C=O) groups is 1. The molecule has 0 aliphatic carbocycles. The maximum absolute atomic E-state index is 13.3. The predicted octanol–water partition coefficient (Wildman–Crippen LogP) is 4.65. The molecule has 6 heteroatoms. The average Bonchev–Trinajstić information content (AvgIpc) is 3.11. The van der Waals surface area contributed by atoms with Gasteiger partial charge in [0.15, 0.2) is 0 Å². The average molecular weight is 406 g/mol. The van der Waals surface area contributed by atoms with E-state index < -0.39 is 0 Å². The van der Waals surface area contributed by atoms with Crippen LogP contribution in [0.15, 0.2) is 42.5 Å². The van der Waals surface area contributed by atoms with Crippen LogP contribution in [0.4, 0.5) is 10.5 Å². The van der Waals surface area contributed by atoms with Crippen molar-refractivity contribution in [2.75, 3.05) is 11.4 Å². The van der Waals surface area contributed by atoms with E-state index in [1.165, 1.54) is 5.56 Å². The minimum Gasteiger partial charge on any atom is -0.326 e. The predicted molar refractivity (Wildman–Crippen MR) is 121 cm³/mol. The van der Waals surface area contributed by atoms with Crippen molar-refractivity contribution >= 4 is 22.8 Å². The molecule has 0 radical (unpaired) electrons. The number of nitrogens with zero attached hydrogens (tertiary/aromatic N) is 4. The first-order valence-corrected chi connectivity index (χ1v) is 11.0. The van der Waals surface area contributed by atoms with Gasteiger partial charge in [-0.2, -0.15) is 0 Å². The standard InChI is InChI=1S/C24H31N5O/c1-3-5-13-28-22-11-10-18(15-25)14-20(22)26-23(28)17-29-21-9-7-6-8-19(21)16-27(12-4-2)24(29)30/h6-11,14H,3-5,12-13,15-17,25H2,1-2H3. The number of benzene rings is 2. The second kappa shape index (κ2) is 8.88. The van der Waals surface area contributed by atoms with Crippen molar-refractivity contribution in [3.8, 4) is 0 Å². The number of hydrogen-bond donors (Lipinski definition) is 1. The number of hydrogen-bond acceptors (Lipinski definition) is 3. The van der Waals surface area contributed by atoms with Gasteiger partial charge in [-0.05, 0) is 42.2 Å². The van der Waals surface area contributed by atoms with Gasteiger partial charge in [-0.1, -0.05) is 44.5 Å². The van der Waals surface area contributed by atoms with Crippen molar-refractivity contribution in [3.05, 3.63) is 59.4 Å². The summed E-state index contributed by atoms with van der Waals surface area (Å²) in [6, 6.07) is 14.5. The van der Waals surface area contributed by atoms with Gasteiger partial charge in [0, 0.05) is 26.2 Å². The third-order valence-corrected chi connectivity index (χ3v) is 5.80. The Kier molecular flexibility index (Phi) is 6.04. The molecule has 0 saturated carbocycles. The number of unbranched alkanes of at least 4 members (excludes halogenated alkanes) is 1. The molecule has 1 aliphatic heterocycles. The fourth-order valence-electron chi connectivity index (χ4n) is 4.23. The van der Waals surface area contributed by atoms with Crippen LogP contribution in [0, 0.1) is 0 Å². The number of fused-ring (bicyclic) bond motifs is 2. The van der Waals surface area contributed by atoms with Crippen LogP contribution in [0.25, 0.3) is 11.0 Å². The lowest BCUT2D eigenvalue weighted by Gasteiger charge is -2.37. The normalized spacial score (nSPS) is 13.9. The Morgan fingerprint density at radius 1 is 1.07 bits per heavy atom. The minimum absolute atomic E-state index is 0.0623. The highest BCUT2D eigenvalue weighted by molar-refractivity contribution is 5.94. The Bertz CT molecular complexity index is 1040. The number of rotatable bonds is 8. The SMILES string of the molecule is CCCCn1c(CN2C(=O)N(CCC)Cc3ccccc32)nc2cc(CN)ccc21. The molecular weight excluding hydrogens is 374 g/mol. The highest BCUT2D eigenvalue weighted by atomic mass is 16.2. The van der Waals surface area contributed by atoms with Crippen LogP contribution in [0.5, 0.6) is 0 Å². The monoisotopic (exact) mass is 405 g/mol. The topological polar surface area (TPSA) is 67.4 Å². The van der Waals surface area contributed by atoms with Gasteiger partial charge >= 0.3 is 6.03 Å². The molecule has 0 bridgehead atoms. The van der Waals surface area contributed by atoms with Crippen LogP contribution in [0.1, 0.15) is 50.1 Å². The molecule has 2 amide bonds. The fourth-order valence-corrected chi connectivity index (χ4v) is 4.23. The lowest BCUT2D eigenvalue weighted by Crippen LogP contribution is -2.47. The third-order valence-electron chi connectivity index (χ3n) is 5.80. The largest absolute Gasteiger partial charge is 0.326 e. The maximum atomic E-state index is 13.3. The lowest BCUT2D eigenvalue weighted by atomic mass is 10.1. The quantitative estimate of drug-likeness (QED) is 0.593. The molecule has 3 aromatic rings. The molecule has 0 atom stereocenters. The molecule has 4 rings (SSSR count). The van der Waals surface area contributed by atoms with Crippen LogP contribution in [-0.4, -0.2) is 27.0 Å². The van der Waals surface area contributed by atoms with Gasteiger partial charge < -0.3 is 15.2 Å². The molecule has 0 unspecified atom stereocenters. The number of anilines is 1. The zero-order valence-corrected chi connectivity index (χ0v) is 18.0. The van der Waals surface area contributed by atoms with Crippen LogP contribution in [0.2, 0.25) is 0 Å². The molecule has 6 nitrogen and oxygen atoms in total. The number of carbonyl (C=O) groups excluding carboxylic acids is 1.